The summed E-state index contributed by atoms with van der Waals surface area (Å²) in [6.07, 6.45) is 4.33. The lowest BCUT2D eigenvalue weighted by Gasteiger charge is -2.25. The highest BCUT2D eigenvalue weighted by Crippen LogP contribution is 2.17. The van der Waals surface area contributed by atoms with Crippen molar-refractivity contribution in [2.45, 2.75) is 52.5 Å². The van der Waals surface area contributed by atoms with E-state index < -0.39 is 0 Å². The Balaban J connectivity index is 4.42. The zero-order valence-electron chi connectivity index (χ0n) is 11.1. The van der Waals surface area contributed by atoms with Crippen LogP contribution in [-0.4, -0.2) is 11.4 Å². The molecule has 2 nitrogen and oxygen atoms in total. The molecule has 1 unspecified atom stereocenters. The maximum atomic E-state index is 12.0. The van der Waals surface area contributed by atoms with Crippen molar-refractivity contribution in [3.63, 3.8) is 0 Å². The van der Waals surface area contributed by atoms with Gasteiger partial charge in [0, 0.05) is 11.5 Å². The predicted molar refractivity (Wildman–Crippen MR) is 70.2 cm³/mol. The van der Waals surface area contributed by atoms with Gasteiger partial charge in [0.2, 0.25) is 5.91 Å². The van der Waals surface area contributed by atoms with Gasteiger partial charge in [-0.15, -0.1) is 13.2 Å². The van der Waals surface area contributed by atoms with Gasteiger partial charge in [0.1, 0.15) is 0 Å². The van der Waals surface area contributed by atoms with E-state index in [2.05, 4.69) is 18.5 Å². The monoisotopic (exact) mass is 223 g/mol. The van der Waals surface area contributed by atoms with E-state index in [0.29, 0.717) is 0 Å². The zero-order chi connectivity index (χ0) is 12.8. The van der Waals surface area contributed by atoms with Crippen molar-refractivity contribution in [2.24, 2.45) is 5.92 Å². The van der Waals surface area contributed by atoms with E-state index in [9.17, 15) is 4.79 Å². The van der Waals surface area contributed by atoms with Gasteiger partial charge >= 0.3 is 0 Å². The topological polar surface area (TPSA) is 29.1 Å². The Bertz CT molecular complexity index is 260. The van der Waals surface area contributed by atoms with Crippen LogP contribution in [0.4, 0.5) is 0 Å². The van der Waals surface area contributed by atoms with Crippen molar-refractivity contribution in [2.75, 3.05) is 0 Å². The van der Waals surface area contributed by atoms with Crippen LogP contribution in [0.1, 0.15) is 47.0 Å². The molecule has 0 heterocycles. The molecule has 0 spiro atoms. The molecule has 1 amide bonds. The van der Waals surface area contributed by atoms with Gasteiger partial charge in [-0.1, -0.05) is 11.6 Å². The Morgan fingerprint density at radius 3 is 2.38 bits per heavy atom. The van der Waals surface area contributed by atoms with Crippen molar-refractivity contribution in [1.29, 1.82) is 0 Å². The minimum Gasteiger partial charge on any atom is -0.351 e. The molecule has 92 valence electrons. The van der Waals surface area contributed by atoms with E-state index in [0.717, 1.165) is 24.8 Å². The van der Waals surface area contributed by atoms with Crippen LogP contribution in [0.25, 0.3) is 0 Å². The lowest BCUT2D eigenvalue weighted by molar-refractivity contribution is -0.126. The fraction of sp³-hybridized carbons (Fsp3) is 0.643. The molecule has 2 heteroatoms. The SMILES string of the molecule is C=CCCC(CC(=C)C)C(=O)NC(C)(C)C. The Morgan fingerprint density at radius 2 is 2.00 bits per heavy atom. The first kappa shape index (κ1) is 14.9. The summed E-state index contributed by atoms with van der Waals surface area (Å²) in [5.41, 5.74) is 0.886. The molecule has 0 saturated heterocycles. The van der Waals surface area contributed by atoms with Gasteiger partial charge in [0.15, 0.2) is 0 Å². The van der Waals surface area contributed by atoms with Gasteiger partial charge in [-0.05, 0) is 47.0 Å². The highest BCUT2D eigenvalue weighted by molar-refractivity contribution is 5.79. The Labute approximate surface area is 99.8 Å². The van der Waals surface area contributed by atoms with Crippen molar-refractivity contribution in [3.8, 4) is 0 Å². The van der Waals surface area contributed by atoms with Crippen LogP contribution < -0.4 is 5.32 Å². The van der Waals surface area contributed by atoms with Crippen molar-refractivity contribution in [1.82, 2.24) is 5.32 Å². The molecule has 1 N–H and O–H groups in total. The van der Waals surface area contributed by atoms with Gasteiger partial charge in [-0.3, -0.25) is 4.79 Å². The van der Waals surface area contributed by atoms with E-state index in [1.54, 1.807) is 0 Å². The third kappa shape index (κ3) is 7.27. The molecule has 0 rings (SSSR count). The van der Waals surface area contributed by atoms with Crippen LogP contribution >= 0.6 is 0 Å². The third-order valence-electron chi connectivity index (χ3n) is 2.18. The average Bonchev–Trinajstić information content (AvgIpc) is 2.08. The molecular formula is C14H25NO. The summed E-state index contributed by atoms with van der Waals surface area (Å²) in [5, 5.41) is 3.02. The number of hydrogen-bond donors (Lipinski definition) is 1. The summed E-state index contributed by atoms with van der Waals surface area (Å²) >= 11 is 0. The summed E-state index contributed by atoms with van der Waals surface area (Å²) in [6.45, 7) is 15.5. The van der Waals surface area contributed by atoms with E-state index in [4.69, 9.17) is 0 Å². The molecule has 0 aliphatic carbocycles. The van der Waals surface area contributed by atoms with Crippen LogP contribution in [0.5, 0.6) is 0 Å². The number of amides is 1. The van der Waals surface area contributed by atoms with Gasteiger partial charge in [0.05, 0.1) is 0 Å². The lowest BCUT2D eigenvalue weighted by Crippen LogP contribution is -2.43. The van der Waals surface area contributed by atoms with Crippen LogP contribution in [0.3, 0.4) is 0 Å². The molecule has 0 aromatic heterocycles. The van der Waals surface area contributed by atoms with E-state index in [-0.39, 0.29) is 17.4 Å². The second-order valence-corrected chi connectivity index (χ2v) is 5.46. The maximum absolute atomic E-state index is 12.0. The number of rotatable bonds is 6. The van der Waals surface area contributed by atoms with Gasteiger partial charge < -0.3 is 5.32 Å². The molecule has 0 radical (unpaired) electrons. The second-order valence-electron chi connectivity index (χ2n) is 5.46. The van der Waals surface area contributed by atoms with E-state index in [1.807, 2.05) is 33.8 Å². The highest BCUT2D eigenvalue weighted by Gasteiger charge is 2.22. The smallest absolute Gasteiger partial charge is 0.223 e. The van der Waals surface area contributed by atoms with E-state index in [1.165, 1.54) is 0 Å². The van der Waals surface area contributed by atoms with Crippen LogP contribution in [0.2, 0.25) is 0 Å². The first-order chi connectivity index (χ1) is 7.26. The second kappa shape index (κ2) is 6.51. The van der Waals surface area contributed by atoms with Crippen LogP contribution in [-0.2, 0) is 4.79 Å². The molecule has 0 bridgehead atoms. The van der Waals surface area contributed by atoms with E-state index >= 15 is 0 Å². The molecule has 0 aliphatic rings. The van der Waals surface area contributed by atoms with Crippen molar-refractivity contribution >= 4 is 5.91 Å². The predicted octanol–water partition coefficient (Wildman–Crippen LogP) is 3.45. The Kier molecular flexibility index (Phi) is 6.09. The zero-order valence-corrected chi connectivity index (χ0v) is 11.1. The first-order valence-electron chi connectivity index (χ1n) is 5.83. The molecule has 0 saturated carbocycles. The third-order valence-corrected chi connectivity index (χ3v) is 2.18. The summed E-state index contributed by atoms with van der Waals surface area (Å²) in [6, 6.07) is 0. The van der Waals surface area contributed by atoms with Gasteiger partial charge in [0.25, 0.3) is 0 Å². The Hall–Kier alpha value is -1.05. The minimum absolute atomic E-state index is 0.0229. The first-order valence-corrected chi connectivity index (χ1v) is 5.83. The standard InChI is InChI=1S/C14H25NO/c1-7-8-9-12(10-11(2)3)13(16)15-14(4,5)6/h7,12H,1-2,8-10H2,3-6H3,(H,15,16). The average molecular weight is 223 g/mol. The molecule has 16 heavy (non-hydrogen) atoms. The van der Waals surface area contributed by atoms with Crippen LogP contribution in [0, 0.1) is 5.92 Å². The molecular weight excluding hydrogens is 198 g/mol. The highest BCUT2D eigenvalue weighted by atomic mass is 16.2. The summed E-state index contributed by atoms with van der Waals surface area (Å²) in [4.78, 5) is 12.0. The number of carbonyl (C=O) groups excluding carboxylic acids is 1. The molecule has 0 aromatic carbocycles. The largest absolute Gasteiger partial charge is 0.351 e. The normalized spacial score (nSPS) is 13.0. The number of allylic oxidation sites excluding steroid dienone is 2. The maximum Gasteiger partial charge on any atom is 0.223 e. The number of hydrogen-bond acceptors (Lipinski definition) is 1. The molecule has 1 atom stereocenters. The summed E-state index contributed by atoms with van der Waals surface area (Å²) in [7, 11) is 0. The molecule has 0 fully saturated rings. The fourth-order valence-electron chi connectivity index (χ4n) is 1.54. The van der Waals surface area contributed by atoms with Crippen molar-refractivity contribution < 1.29 is 4.79 Å². The Morgan fingerprint density at radius 1 is 1.44 bits per heavy atom. The lowest BCUT2D eigenvalue weighted by atomic mass is 9.94. The van der Waals surface area contributed by atoms with Gasteiger partial charge in [-0.2, -0.15) is 0 Å². The number of carbonyl (C=O) groups is 1. The summed E-state index contributed by atoms with van der Waals surface area (Å²) in [5.74, 6) is 0.145. The summed E-state index contributed by atoms with van der Waals surface area (Å²) < 4.78 is 0. The molecule has 0 aliphatic heterocycles. The fourth-order valence-corrected chi connectivity index (χ4v) is 1.54. The molecule has 0 aromatic rings. The minimum atomic E-state index is -0.168. The van der Waals surface area contributed by atoms with Crippen molar-refractivity contribution in [3.05, 3.63) is 24.8 Å². The van der Waals surface area contributed by atoms with Crippen LogP contribution in [0.15, 0.2) is 24.8 Å². The quantitative estimate of drug-likeness (QED) is 0.687. The van der Waals surface area contributed by atoms with Gasteiger partial charge in [-0.25, -0.2) is 0 Å². The number of nitrogens with one attached hydrogen (secondary N) is 1.